The number of benzene rings is 2. The van der Waals surface area contributed by atoms with E-state index in [0.29, 0.717) is 22.7 Å². The number of methoxy groups -OCH3 is 2. The highest BCUT2D eigenvalue weighted by molar-refractivity contribution is 6.04. The third-order valence-corrected chi connectivity index (χ3v) is 4.28. The van der Waals surface area contributed by atoms with E-state index in [9.17, 15) is 14.9 Å². The van der Waals surface area contributed by atoms with Gasteiger partial charge in [0.2, 0.25) is 0 Å². The molecule has 2 aromatic carbocycles. The summed E-state index contributed by atoms with van der Waals surface area (Å²) >= 11 is 0. The van der Waals surface area contributed by atoms with Crippen molar-refractivity contribution >= 4 is 23.3 Å². The maximum atomic E-state index is 12.5. The number of nitrogens with two attached hydrogens (primary N) is 1. The van der Waals surface area contributed by atoms with Crippen molar-refractivity contribution in [2.24, 2.45) is 0 Å². The predicted molar refractivity (Wildman–Crippen MR) is 107 cm³/mol. The number of hydrogen-bond donors (Lipinski definition) is 2. The van der Waals surface area contributed by atoms with Crippen molar-refractivity contribution in [2.45, 2.75) is 0 Å². The molecule has 8 nitrogen and oxygen atoms in total. The van der Waals surface area contributed by atoms with Gasteiger partial charge in [-0.25, -0.2) is 4.79 Å². The molecular formula is C21H18N4O4. The largest absolute Gasteiger partial charge is 0.497 e. The van der Waals surface area contributed by atoms with Crippen molar-refractivity contribution in [3.05, 3.63) is 71.5 Å². The molecule has 0 spiro atoms. The second kappa shape index (κ2) is 8.19. The van der Waals surface area contributed by atoms with Crippen LogP contribution in [0, 0.1) is 11.3 Å². The fourth-order valence-corrected chi connectivity index (χ4v) is 2.80. The number of nitrogen functional groups attached to an aromatic ring is 1. The normalized spacial score (nSPS) is 10.1. The number of aromatic nitrogens is 1. The molecule has 0 bridgehead atoms. The van der Waals surface area contributed by atoms with Gasteiger partial charge in [-0.1, -0.05) is 6.07 Å². The van der Waals surface area contributed by atoms with Gasteiger partial charge in [0.25, 0.3) is 5.91 Å². The second-order valence-electron chi connectivity index (χ2n) is 6.01. The molecule has 0 aliphatic rings. The molecule has 1 amide bonds. The average molecular weight is 390 g/mol. The van der Waals surface area contributed by atoms with Gasteiger partial charge in [-0.15, -0.1) is 0 Å². The lowest BCUT2D eigenvalue weighted by atomic mass is 10.2. The molecule has 3 rings (SSSR count). The highest BCUT2D eigenvalue weighted by atomic mass is 16.5. The Kier molecular flexibility index (Phi) is 5.51. The van der Waals surface area contributed by atoms with E-state index < -0.39 is 5.97 Å². The monoisotopic (exact) mass is 390 g/mol. The van der Waals surface area contributed by atoms with E-state index in [0.717, 1.165) is 0 Å². The predicted octanol–water partition coefficient (Wildman–Crippen LogP) is 2.98. The van der Waals surface area contributed by atoms with Gasteiger partial charge in [-0.05, 0) is 36.4 Å². The molecule has 29 heavy (non-hydrogen) atoms. The Hall–Kier alpha value is -4.25. The van der Waals surface area contributed by atoms with E-state index in [1.807, 2.05) is 6.07 Å². The Morgan fingerprint density at radius 1 is 1.14 bits per heavy atom. The van der Waals surface area contributed by atoms with Crippen LogP contribution in [0.4, 0.5) is 11.4 Å². The summed E-state index contributed by atoms with van der Waals surface area (Å²) in [7, 11) is 2.78. The van der Waals surface area contributed by atoms with E-state index in [1.54, 1.807) is 55.6 Å². The fraction of sp³-hybridized carbons (Fsp3) is 0.0952. The molecule has 0 unspecified atom stereocenters. The number of nitrogens with one attached hydrogen (secondary N) is 1. The van der Waals surface area contributed by atoms with Gasteiger partial charge in [-0.2, -0.15) is 5.26 Å². The lowest BCUT2D eigenvalue weighted by Gasteiger charge is -2.10. The van der Waals surface area contributed by atoms with Gasteiger partial charge in [-0.3, -0.25) is 4.79 Å². The summed E-state index contributed by atoms with van der Waals surface area (Å²) < 4.78 is 11.4. The number of ether oxygens (including phenoxy) is 2. The Bertz CT molecular complexity index is 1110. The van der Waals surface area contributed by atoms with E-state index in [4.69, 9.17) is 15.2 Å². The SMILES string of the molecule is COC(=O)c1c(N)c(C#N)cn1-c1ccc(C(=O)Nc2cccc(OC)c2)cc1. The zero-order chi connectivity index (χ0) is 21.0. The smallest absolute Gasteiger partial charge is 0.357 e. The molecule has 0 aliphatic carbocycles. The lowest BCUT2D eigenvalue weighted by molar-refractivity contribution is 0.0593. The Morgan fingerprint density at radius 2 is 1.86 bits per heavy atom. The molecule has 0 fully saturated rings. The Morgan fingerprint density at radius 3 is 2.48 bits per heavy atom. The number of carbonyl (C=O) groups excluding carboxylic acids is 2. The number of nitrogens with zero attached hydrogens (tertiary/aromatic N) is 2. The van der Waals surface area contributed by atoms with Crippen LogP contribution in [0.25, 0.3) is 5.69 Å². The third kappa shape index (κ3) is 3.89. The van der Waals surface area contributed by atoms with E-state index >= 15 is 0 Å². The maximum absolute atomic E-state index is 12.5. The van der Waals surface area contributed by atoms with Crippen molar-refractivity contribution in [2.75, 3.05) is 25.3 Å². The van der Waals surface area contributed by atoms with E-state index in [2.05, 4.69) is 5.32 Å². The van der Waals surface area contributed by atoms with Crippen molar-refractivity contribution < 1.29 is 19.1 Å². The highest BCUT2D eigenvalue weighted by Crippen LogP contribution is 2.25. The molecule has 3 aromatic rings. The zero-order valence-corrected chi connectivity index (χ0v) is 15.8. The molecule has 0 saturated heterocycles. The number of nitriles is 1. The first-order valence-electron chi connectivity index (χ1n) is 8.53. The van der Waals surface area contributed by atoms with Crippen molar-refractivity contribution in [3.8, 4) is 17.5 Å². The lowest BCUT2D eigenvalue weighted by Crippen LogP contribution is -2.13. The summed E-state index contributed by atoms with van der Waals surface area (Å²) in [5, 5.41) is 12.0. The first-order valence-corrected chi connectivity index (χ1v) is 8.53. The standard InChI is InChI=1S/C21H18N4O4/c1-28-17-5-3-4-15(10-17)24-20(26)13-6-8-16(9-7-13)25-12-14(11-22)18(23)19(25)21(27)29-2/h3-10,12H,23H2,1-2H3,(H,24,26). The quantitative estimate of drug-likeness (QED) is 0.647. The second-order valence-corrected chi connectivity index (χ2v) is 6.01. The number of hydrogen-bond acceptors (Lipinski definition) is 6. The van der Waals surface area contributed by atoms with Gasteiger partial charge >= 0.3 is 5.97 Å². The van der Waals surface area contributed by atoms with Crippen LogP contribution in [-0.4, -0.2) is 30.7 Å². The molecule has 3 N–H and O–H groups in total. The van der Waals surface area contributed by atoms with E-state index in [1.165, 1.54) is 17.9 Å². The van der Waals surface area contributed by atoms with Gasteiger partial charge in [0.05, 0.1) is 25.5 Å². The molecule has 0 saturated carbocycles. The summed E-state index contributed by atoms with van der Waals surface area (Å²) in [4.78, 5) is 24.6. The van der Waals surface area contributed by atoms with Crippen molar-refractivity contribution in [1.82, 2.24) is 4.57 Å². The van der Waals surface area contributed by atoms with Gasteiger partial charge in [0.1, 0.15) is 11.8 Å². The van der Waals surface area contributed by atoms with Crippen LogP contribution < -0.4 is 15.8 Å². The summed E-state index contributed by atoms with van der Waals surface area (Å²) in [6.07, 6.45) is 1.45. The minimum Gasteiger partial charge on any atom is -0.497 e. The maximum Gasteiger partial charge on any atom is 0.357 e. The number of amides is 1. The molecule has 0 aliphatic heterocycles. The van der Waals surface area contributed by atoms with Crippen LogP contribution in [0.2, 0.25) is 0 Å². The van der Waals surface area contributed by atoms with Crippen LogP contribution in [0.1, 0.15) is 26.4 Å². The van der Waals surface area contributed by atoms with Crippen LogP contribution in [0.15, 0.2) is 54.7 Å². The van der Waals surface area contributed by atoms with E-state index in [-0.39, 0.29) is 22.9 Å². The Labute approximate surface area is 167 Å². The summed E-state index contributed by atoms with van der Waals surface area (Å²) in [6.45, 7) is 0. The van der Waals surface area contributed by atoms with Crippen molar-refractivity contribution in [3.63, 3.8) is 0 Å². The minimum absolute atomic E-state index is 0.0409. The Balaban J connectivity index is 1.88. The zero-order valence-electron chi connectivity index (χ0n) is 15.8. The van der Waals surface area contributed by atoms with Crippen molar-refractivity contribution in [1.29, 1.82) is 5.26 Å². The third-order valence-electron chi connectivity index (χ3n) is 4.28. The number of carbonyl (C=O) groups is 2. The first-order chi connectivity index (χ1) is 14.0. The van der Waals surface area contributed by atoms with Crippen LogP contribution in [-0.2, 0) is 4.74 Å². The van der Waals surface area contributed by atoms with Crippen LogP contribution in [0.3, 0.4) is 0 Å². The summed E-state index contributed by atoms with van der Waals surface area (Å²) in [5.41, 5.74) is 7.72. The summed E-state index contributed by atoms with van der Waals surface area (Å²) in [5.74, 6) is -0.335. The molecular weight excluding hydrogens is 372 g/mol. The molecule has 8 heteroatoms. The number of esters is 1. The molecule has 0 radical (unpaired) electrons. The van der Waals surface area contributed by atoms with Crippen LogP contribution >= 0.6 is 0 Å². The van der Waals surface area contributed by atoms with Crippen LogP contribution in [0.5, 0.6) is 5.75 Å². The topological polar surface area (TPSA) is 119 Å². The number of rotatable bonds is 5. The molecule has 1 heterocycles. The minimum atomic E-state index is -0.663. The number of anilines is 2. The molecule has 146 valence electrons. The average Bonchev–Trinajstić information content (AvgIpc) is 3.09. The van der Waals surface area contributed by atoms with Gasteiger partial charge in [0.15, 0.2) is 5.69 Å². The summed E-state index contributed by atoms with van der Waals surface area (Å²) in [6, 6.07) is 15.5. The molecule has 1 aromatic heterocycles. The van der Waals surface area contributed by atoms with Gasteiger partial charge < -0.3 is 25.1 Å². The fourth-order valence-electron chi connectivity index (χ4n) is 2.80. The first kappa shape index (κ1) is 19.5. The van der Waals surface area contributed by atoms with Gasteiger partial charge in [0, 0.05) is 29.2 Å². The molecule has 0 atom stereocenters. The highest BCUT2D eigenvalue weighted by Gasteiger charge is 2.21.